The van der Waals surface area contributed by atoms with Crippen LogP contribution in [-0.4, -0.2) is 21.2 Å². The molecule has 0 amide bonds. The summed E-state index contributed by atoms with van der Waals surface area (Å²) in [5.74, 6) is -0.987. The quantitative estimate of drug-likeness (QED) is 0.752. The average molecular weight is 246 g/mol. The molecule has 0 radical (unpaired) electrons. The molecule has 0 saturated heterocycles. The van der Waals surface area contributed by atoms with E-state index in [1.165, 1.54) is 23.5 Å². The highest BCUT2D eigenvalue weighted by Crippen LogP contribution is 2.29. The van der Waals surface area contributed by atoms with Crippen LogP contribution in [0.15, 0.2) is 34.3 Å². The number of thiazole rings is 1. The van der Waals surface area contributed by atoms with Gasteiger partial charge in [0.1, 0.15) is 10.7 Å². The van der Waals surface area contributed by atoms with Crippen LogP contribution in [0.2, 0.25) is 0 Å². The Morgan fingerprint density at radius 3 is 3.00 bits per heavy atom. The van der Waals surface area contributed by atoms with Gasteiger partial charge in [-0.05, 0) is 18.2 Å². The van der Waals surface area contributed by atoms with Gasteiger partial charge < -0.3 is 9.63 Å². The van der Waals surface area contributed by atoms with Gasteiger partial charge in [-0.25, -0.2) is 9.78 Å². The Balaban J connectivity index is 2.21. The third-order valence-corrected chi connectivity index (χ3v) is 3.13. The molecule has 0 unspecified atom stereocenters. The molecule has 5 nitrogen and oxygen atoms in total. The zero-order valence-electron chi connectivity index (χ0n) is 8.45. The first-order chi connectivity index (χ1) is 8.25. The van der Waals surface area contributed by atoms with Gasteiger partial charge in [0.2, 0.25) is 0 Å². The lowest BCUT2D eigenvalue weighted by Crippen LogP contribution is -1.94. The molecule has 3 rings (SSSR count). The fraction of sp³-hybridized carbons (Fsp3) is 0. The molecule has 0 atom stereocenters. The second-order valence-corrected chi connectivity index (χ2v) is 4.28. The van der Waals surface area contributed by atoms with Crippen LogP contribution < -0.4 is 0 Å². The van der Waals surface area contributed by atoms with Gasteiger partial charge in [0.05, 0.1) is 10.9 Å². The number of carboxylic acids is 1. The molecule has 84 valence electrons. The summed E-state index contributed by atoms with van der Waals surface area (Å²) in [4.78, 5) is 15.0. The lowest BCUT2D eigenvalue weighted by molar-refractivity contribution is 0.0697. The van der Waals surface area contributed by atoms with Gasteiger partial charge >= 0.3 is 5.97 Å². The van der Waals surface area contributed by atoms with Crippen molar-refractivity contribution in [3.8, 4) is 10.7 Å². The summed E-state index contributed by atoms with van der Waals surface area (Å²) in [6.45, 7) is 0. The fourth-order valence-electron chi connectivity index (χ4n) is 1.57. The van der Waals surface area contributed by atoms with Crippen molar-refractivity contribution in [3.05, 3.63) is 35.3 Å². The van der Waals surface area contributed by atoms with Crippen molar-refractivity contribution in [2.75, 3.05) is 0 Å². The molecule has 2 heterocycles. The van der Waals surface area contributed by atoms with Gasteiger partial charge in [-0.3, -0.25) is 0 Å². The molecule has 0 aliphatic carbocycles. The van der Waals surface area contributed by atoms with E-state index in [0.29, 0.717) is 11.3 Å². The highest BCUT2D eigenvalue weighted by Gasteiger charge is 2.14. The third kappa shape index (κ3) is 1.58. The van der Waals surface area contributed by atoms with E-state index in [1.807, 2.05) is 5.38 Å². The Bertz CT molecular complexity index is 688. The lowest BCUT2D eigenvalue weighted by Gasteiger charge is -1.93. The number of rotatable bonds is 2. The minimum absolute atomic E-state index is 0.180. The number of carboxylic acid groups (broad SMARTS) is 1. The topological polar surface area (TPSA) is 76.2 Å². The maximum absolute atomic E-state index is 10.8. The van der Waals surface area contributed by atoms with Crippen LogP contribution in [0.3, 0.4) is 0 Å². The van der Waals surface area contributed by atoms with Crippen LogP contribution in [0, 0.1) is 0 Å². The van der Waals surface area contributed by atoms with Gasteiger partial charge in [0.15, 0.2) is 5.58 Å². The van der Waals surface area contributed by atoms with E-state index in [9.17, 15) is 4.79 Å². The smallest absolute Gasteiger partial charge is 0.335 e. The molecule has 0 fully saturated rings. The number of benzene rings is 1. The Morgan fingerprint density at radius 2 is 2.29 bits per heavy atom. The van der Waals surface area contributed by atoms with Crippen molar-refractivity contribution in [2.24, 2.45) is 0 Å². The van der Waals surface area contributed by atoms with Gasteiger partial charge in [0.25, 0.3) is 0 Å². The molecule has 0 aliphatic rings. The molecule has 3 aromatic rings. The van der Waals surface area contributed by atoms with Crippen LogP contribution in [0.25, 0.3) is 21.7 Å². The number of aromatic nitrogens is 2. The lowest BCUT2D eigenvalue weighted by atomic mass is 10.1. The Morgan fingerprint density at radius 1 is 1.41 bits per heavy atom. The van der Waals surface area contributed by atoms with Gasteiger partial charge in [0, 0.05) is 11.6 Å². The molecule has 0 aliphatic heterocycles. The number of fused-ring (bicyclic) bond motifs is 1. The zero-order chi connectivity index (χ0) is 11.8. The number of nitrogens with zero attached hydrogens (tertiary/aromatic N) is 2. The van der Waals surface area contributed by atoms with E-state index >= 15 is 0 Å². The largest absolute Gasteiger partial charge is 0.478 e. The molecule has 1 aromatic carbocycles. The summed E-state index contributed by atoms with van der Waals surface area (Å²) >= 11 is 1.46. The molecule has 1 N–H and O–H groups in total. The van der Waals surface area contributed by atoms with Crippen LogP contribution in [0.1, 0.15) is 10.4 Å². The highest BCUT2D eigenvalue weighted by molar-refractivity contribution is 7.13. The summed E-state index contributed by atoms with van der Waals surface area (Å²) in [6.07, 6.45) is 1.69. The summed E-state index contributed by atoms with van der Waals surface area (Å²) < 4.78 is 5.12. The highest BCUT2D eigenvalue weighted by atomic mass is 32.1. The second kappa shape index (κ2) is 3.67. The van der Waals surface area contributed by atoms with Crippen molar-refractivity contribution in [3.63, 3.8) is 0 Å². The zero-order valence-corrected chi connectivity index (χ0v) is 9.27. The standard InChI is InChI=1S/C11H6N2O3S/c14-11(15)6-1-2-7-8(5-6)16-13-9(7)10-12-3-4-17-10/h1-5H,(H,14,15). The summed E-state index contributed by atoms with van der Waals surface area (Å²) in [5.41, 5.74) is 1.28. The van der Waals surface area contributed by atoms with Gasteiger partial charge in [-0.1, -0.05) is 5.16 Å². The number of aromatic carboxylic acids is 1. The van der Waals surface area contributed by atoms with Crippen molar-refractivity contribution < 1.29 is 14.4 Å². The van der Waals surface area contributed by atoms with E-state index < -0.39 is 5.97 Å². The van der Waals surface area contributed by atoms with E-state index in [0.717, 1.165) is 10.4 Å². The third-order valence-electron chi connectivity index (χ3n) is 2.35. The monoisotopic (exact) mass is 246 g/mol. The average Bonchev–Trinajstić information content (AvgIpc) is 2.96. The Labute approximate surface area is 99.3 Å². The fourth-order valence-corrected chi connectivity index (χ4v) is 2.20. The second-order valence-electron chi connectivity index (χ2n) is 3.38. The first-order valence-electron chi connectivity index (χ1n) is 4.78. The summed E-state index contributed by atoms with van der Waals surface area (Å²) in [5, 5.41) is 16.2. The Kier molecular flexibility index (Phi) is 2.15. The Hall–Kier alpha value is -2.21. The van der Waals surface area contributed by atoms with Crippen LogP contribution in [-0.2, 0) is 0 Å². The minimum Gasteiger partial charge on any atom is -0.478 e. The van der Waals surface area contributed by atoms with E-state index in [1.54, 1.807) is 12.3 Å². The predicted octanol–water partition coefficient (Wildman–Crippen LogP) is 2.65. The summed E-state index contributed by atoms with van der Waals surface area (Å²) in [7, 11) is 0. The molecule has 0 bridgehead atoms. The van der Waals surface area contributed by atoms with Crippen molar-refractivity contribution in [1.82, 2.24) is 10.1 Å². The first-order valence-corrected chi connectivity index (χ1v) is 5.66. The van der Waals surface area contributed by atoms with Gasteiger partial charge in [-0.2, -0.15) is 0 Å². The first kappa shape index (κ1) is 9.98. The summed E-state index contributed by atoms with van der Waals surface area (Å²) in [6, 6.07) is 4.67. The number of hydrogen-bond donors (Lipinski definition) is 1. The molecular formula is C11H6N2O3S. The molecule has 0 saturated carbocycles. The molecule has 0 spiro atoms. The molecule has 2 aromatic heterocycles. The normalized spacial score (nSPS) is 10.8. The molecular weight excluding hydrogens is 240 g/mol. The van der Waals surface area contributed by atoms with Gasteiger partial charge in [-0.15, -0.1) is 11.3 Å². The predicted molar refractivity (Wildman–Crippen MR) is 62.1 cm³/mol. The van der Waals surface area contributed by atoms with Crippen LogP contribution in [0.5, 0.6) is 0 Å². The van der Waals surface area contributed by atoms with Crippen molar-refractivity contribution in [2.45, 2.75) is 0 Å². The van der Waals surface area contributed by atoms with Crippen molar-refractivity contribution >= 4 is 28.3 Å². The molecule has 6 heteroatoms. The van der Waals surface area contributed by atoms with Crippen molar-refractivity contribution in [1.29, 1.82) is 0 Å². The molecule has 17 heavy (non-hydrogen) atoms. The SMILES string of the molecule is O=C(O)c1ccc2c(-c3nccs3)noc2c1. The maximum atomic E-state index is 10.8. The van der Waals surface area contributed by atoms with Crippen LogP contribution >= 0.6 is 11.3 Å². The van der Waals surface area contributed by atoms with E-state index in [2.05, 4.69) is 10.1 Å². The maximum Gasteiger partial charge on any atom is 0.335 e. The van der Waals surface area contributed by atoms with E-state index in [4.69, 9.17) is 9.63 Å². The minimum atomic E-state index is -0.987. The van der Waals surface area contributed by atoms with E-state index in [-0.39, 0.29) is 5.56 Å². The number of carbonyl (C=O) groups is 1. The van der Waals surface area contributed by atoms with Crippen LogP contribution in [0.4, 0.5) is 0 Å². The number of hydrogen-bond acceptors (Lipinski definition) is 5.